The van der Waals surface area contributed by atoms with Crippen LogP contribution < -0.4 is 10.1 Å². The van der Waals surface area contributed by atoms with Gasteiger partial charge in [0.2, 0.25) is 5.88 Å². The number of furan rings is 1. The van der Waals surface area contributed by atoms with Crippen molar-refractivity contribution in [1.29, 1.82) is 0 Å². The Kier molecular flexibility index (Phi) is 5.48. The minimum absolute atomic E-state index is 0.0714. The highest BCUT2D eigenvalue weighted by molar-refractivity contribution is 5.93. The number of nitrogens with zero attached hydrogens (tertiary/aromatic N) is 2. The molecule has 24 heavy (non-hydrogen) atoms. The Morgan fingerprint density at radius 3 is 2.83 bits per heavy atom. The molecule has 6 nitrogen and oxygen atoms in total. The third-order valence-electron chi connectivity index (χ3n) is 4.20. The number of nitrogens with one attached hydrogen (secondary N) is 1. The number of carbonyl (C=O) groups is 1. The lowest BCUT2D eigenvalue weighted by molar-refractivity contribution is 0.0933. The zero-order valence-corrected chi connectivity index (χ0v) is 13.9. The fraction of sp³-hybridized carbons (Fsp3) is 0.444. The number of carbonyl (C=O) groups excluding carboxylic acids is 1. The van der Waals surface area contributed by atoms with Crippen molar-refractivity contribution in [2.24, 2.45) is 0 Å². The van der Waals surface area contributed by atoms with E-state index in [1.165, 1.54) is 19.0 Å². The first-order valence-electron chi connectivity index (χ1n) is 8.42. The minimum Gasteiger partial charge on any atom is -0.478 e. The van der Waals surface area contributed by atoms with Crippen LogP contribution in [0.2, 0.25) is 0 Å². The number of aromatic nitrogens is 1. The van der Waals surface area contributed by atoms with Crippen molar-refractivity contribution in [3.8, 4) is 5.88 Å². The molecule has 1 saturated heterocycles. The normalized spacial score (nSPS) is 16.0. The summed E-state index contributed by atoms with van der Waals surface area (Å²) in [5.41, 5.74) is 0.526. The lowest BCUT2D eigenvalue weighted by Gasteiger charge is -2.26. The van der Waals surface area contributed by atoms with E-state index in [-0.39, 0.29) is 11.9 Å². The largest absolute Gasteiger partial charge is 0.478 e. The van der Waals surface area contributed by atoms with Crippen LogP contribution >= 0.6 is 0 Å². The van der Waals surface area contributed by atoms with Crippen LogP contribution in [0.5, 0.6) is 5.88 Å². The Bertz CT molecular complexity index is 634. The van der Waals surface area contributed by atoms with Gasteiger partial charge in [0, 0.05) is 18.8 Å². The quantitative estimate of drug-likeness (QED) is 0.846. The van der Waals surface area contributed by atoms with Crippen LogP contribution in [0.25, 0.3) is 0 Å². The van der Waals surface area contributed by atoms with Crippen molar-refractivity contribution in [2.45, 2.75) is 25.8 Å². The second-order valence-corrected chi connectivity index (χ2v) is 5.80. The van der Waals surface area contributed by atoms with Gasteiger partial charge in [0.15, 0.2) is 0 Å². The summed E-state index contributed by atoms with van der Waals surface area (Å²) in [7, 11) is 0. The number of likely N-dealkylation sites (tertiary alicyclic amines) is 1. The first-order valence-corrected chi connectivity index (χ1v) is 8.42. The van der Waals surface area contributed by atoms with Crippen molar-refractivity contribution in [3.05, 3.63) is 48.0 Å². The second kappa shape index (κ2) is 7.97. The summed E-state index contributed by atoms with van der Waals surface area (Å²) in [6, 6.07) is 7.36. The highest BCUT2D eigenvalue weighted by Crippen LogP contribution is 2.25. The molecule has 0 radical (unpaired) electrons. The fourth-order valence-corrected chi connectivity index (χ4v) is 2.98. The lowest BCUT2D eigenvalue weighted by atomic mass is 10.2. The van der Waals surface area contributed by atoms with E-state index in [9.17, 15) is 4.79 Å². The van der Waals surface area contributed by atoms with E-state index >= 15 is 0 Å². The van der Waals surface area contributed by atoms with E-state index in [0.29, 0.717) is 24.6 Å². The Morgan fingerprint density at radius 1 is 1.38 bits per heavy atom. The maximum atomic E-state index is 12.4. The topological polar surface area (TPSA) is 67.6 Å². The predicted octanol–water partition coefficient (Wildman–Crippen LogP) is 2.64. The van der Waals surface area contributed by atoms with Gasteiger partial charge in [-0.15, -0.1) is 0 Å². The van der Waals surface area contributed by atoms with E-state index in [1.54, 1.807) is 18.4 Å². The highest BCUT2D eigenvalue weighted by Gasteiger charge is 2.26. The molecule has 1 atom stereocenters. The molecule has 0 aromatic carbocycles. The fourth-order valence-electron chi connectivity index (χ4n) is 2.98. The van der Waals surface area contributed by atoms with E-state index in [4.69, 9.17) is 9.15 Å². The average molecular weight is 329 g/mol. The highest BCUT2D eigenvalue weighted by atomic mass is 16.5. The number of hydrogen-bond donors (Lipinski definition) is 1. The Hall–Kier alpha value is -2.34. The van der Waals surface area contributed by atoms with Gasteiger partial charge in [-0.3, -0.25) is 9.69 Å². The van der Waals surface area contributed by atoms with Crippen LogP contribution in [0, 0.1) is 0 Å². The summed E-state index contributed by atoms with van der Waals surface area (Å²) >= 11 is 0. The molecule has 3 rings (SSSR count). The summed E-state index contributed by atoms with van der Waals surface area (Å²) in [5, 5.41) is 2.99. The van der Waals surface area contributed by atoms with Crippen LogP contribution in [0.15, 0.2) is 41.1 Å². The molecular weight excluding hydrogens is 306 g/mol. The first kappa shape index (κ1) is 16.5. The first-order chi connectivity index (χ1) is 11.8. The molecule has 1 aliphatic rings. The van der Waals surface area contributed by atoms with Crippen LogP contribution in [-0.2, 0) is 0 Å². The van der Waals surface area contributed by atoms with Gasteiger partial charge in [0.05, 0.1) is 24.5 Å². The van der Waals surface area contributed by atoms with E-state index in [0.717, 1.165) is 18.8 Å². The molecule has 128 valence electrons. The van der Waals surface area contributed by atoms with E-state index in [2.05, 4.69) is 15.2 Å². The number of rotatable bonds is 7. The molecule has 1 N–H and O–H groups in total. The minimum atomic E-state index is -0.138. The number of amides is 1. The molecule has 3 heterocycles. The smallest absolute Gasteiger partial charge is 0.252 e. The Labute approximate surface area is 141 Å². The third-order valence-corrected chi connectivity index (χ3v) is 4.20. The molecule has 0 saturated carbocycles. The molecule has 1 fully saturated rings. The molecule has 0 unspecified atom stereocenters. The summed E-state index contributed by atoms with van der Waals surface area (Å²) in [5.74, 6) is 1.28. The summed E-state index contributed by atoms with van der Waals surface area (Å²) in [6.45, 7) is 5.03. The summed E-state index contributed by atoms with van der Waals surface area (Å²) in [6.07, 6.45) is 5.59. The number of ether oxygens (including phenoxy) is 1. The maximum absolute atomic E-state index is 12.4. The lowest BCUT2D eigenvalue weighted by Crippen LogP contribution is -2.36. The second-order valence-electron chi connectivity index (χ2n) is 5.80. The third kappa shape index (κ3) is 3.94. The van der Waals surface area contributed by atoms with Crippen molar-refractivity contribution in [2.75, 3.05) is 26.2 Å². The van der Waals surface area contributed by atoms with Gasteiger partial charge in [0.1, 0.15) is 5.76 Å². The monoisotopic (exact) mass is 329 g/mol. The van der Waals surface area contributed by atoms with Gasteiger partial charge in [-0.1, -0.05) is 0 Å². The SMILES string of the molecule is CCOc1ccc(C(=O)NC[C@@H](c2ccco2)N2CCCC2)cn1. The van der Waals surface area contributed by atoms with Crippen molar-refractivity contribution < 1.29 is 13.9 Å². The van der Waals surface area contributed by atoms with Crippen LogP contribution in [0.3, 0.4) is 0 Å². The maximum Gasteiger partial charge on any atom is 0.252 e. The molecule has 6 heteroatoms. The van der Waals surface area contributed by atoms with Crippen LogP contribution in [0.4, 0.5) is 0 Å². The molecule has 0 aliphatic carbocycles. The molecule has 0 spiro atoms. The van der Waals surface area contributed by atoms with Crippen LogP contribution in [-0.4, -0.2) is 42.0 Å². The molecule has 1 aliphatic heterocycles. The van der Waals surface area contributed by atoms with Crippen molar-refractivity contribution in [1.82, 2.24) is 15.2 Å². The number of pyridine rings is 1. The van der Waals surface area contributed by atoms with E-state index < -0.39 is 0 Å². The van der Waals surface area contributed by atoms with Crippen molar-refractivity contribution in [3.63, 3.8) is 0 Å². The Balaban J connectivity index is 1.62. The summed E-state index contributed by atoms with van der Waals surface area (Å²) < 4.78 is 10.9. The molecule has 0 bridgehead atoms. The van der Waals surface area contributed by atoms with Gasteiger partial charge < -0.3 is 14.5 Å². The predicted molar refractivity (Wildman–Crippen MR) is 90.0 cm³/mol. The summed E-state index contributed by atoms with van der Waals surface area (Å²) in [4.78, 5) is 18.9. The molecular formula is C18H23N3O3. The molecule has 1 amide bonds. The van der Waals surface area contributed by atoms with Gasteiger partial charge >= 0.3 is 0 Å². The molecule has 2 aromatic heterocycles. The standard InChI is InChI=1S/C18H23N3O3/c1-2-23-17-8-7-14(12-19-17)18(22)20-13-15(16-6-5-11-24-16)21-9-3-4-10-21/h5-8,11-12,15H,2-4,9-10,13H2,1H3,(H,20,22)/t15-/m0/s1. The van der Waals surface area contributed by atoms with Gasteiger partial charge in [-0.05, 0) is 51.1 Å². The van der Waals surface area contributed by atoms with E-state index in [1.807, 2.05) is 19.1 Å². The average Bonchev–Trinajstić information content (AvgIpc) is 3.30. The molecule has 2 aromatic rings. The van der Waals surface area contributed by atoms with Crippen molar-refractivity contribution >= 4 is 5.91 Å². The zero-order chi connectivity index (χ0) is 16.8. The van der Waals surface area contributed by atoms with Gasteiger partial charge in [0.25, 0.3) is 5.91 Å². The van der Waals surface area contributed by atoms with Crippen LogP contribution in [0.1, 0.15) is 41.9 Å². The Morgan fingerprint density at radius 2 is 2.21 bits per heavy atom. The van der Waals surface area contributed by atoms with Gasteiger partial charge in [-0.2, -0.15) is 0 Å². The zero-order valence-electron chi connectivity index (χ0n) is 13.9. The number of hydrogen-bond acceptors (Lipinski definition) is 5. The van der Waals surface area contributed by atoms with Gasteiger partial charge in [-0.25, -0.2) is 4.98 Å².